The van der Waals surface area contributed by atoms with Crippen molar-refractivity contribution < 1.29 is 19.4 Å². The van der Waals surface area contributed by atoms with E-state index in [1.807, 2.05) is 0 Å². The lowest BCUT2D eigenvalue weighted by atomic mass is 9.90. The quantitative estimate of drug-likeness (QED) is 0.815. The van der Waals surface area contributed by atoms with E-state index in [4.69, 9.17) is 4.74 Å². The van der Waals surface area contributed by atoms with Crippen LogP contribution < -0.4 is 5.32 Å². The first-order chi connectivity index (χ1) is 9.66. The Bertz CT molecular complexity index is 395. The maximum Gasteiger partial charge on any atom is 0.326 e. The fourth-order valence-corrected chi connectivity index (χ4v) is 3.38. The standard InChI is InChI=1S/C14H22N2O4/c17-13(18)12(9-5-6-9)15-14(19)16-7-8-20-11-4-2-1-3-10(11)16/h9-12H,1-8H2,(H,15,19)(H,17,18). The summed E-state index contributed by atoms with van der Waals surface area (Å²) >= 11 is 0. The zero-order valence-corrected chi connectivity index (χ0v) is 11.6. The molecule has 20 heavy (non-hydrogen) atoms. The van der Waals surface area contributed by atoms with Crippen molar-refractivity contribution in [3.8, 4) is 0 Å². The molecule has 1 saturated heterocycles. The summed E-state index contributed by atoms with van der Waals surface area (Å²) in [5.41, 5.74) is 0. The second kappa shape index (κ2) is 5.60. The topological polar surface area (TPSA) is 78.9 Å². The maximum absolute atomic E-state index is 12.4. The third-order valence-corrected chi connectivity index (χ3v) is 4.63. The number of hydrogen-bond donors (Lipinski definition) is 2. The van der Waals surface area contributed by atoms with Gasteiger partial charge in [-0.15, -0.1) is 0 Å². The van der Waals surface area contributed by atoms with Crippen molar-refractivity contribution in [2.24, 2.45) is 5.92 Å². The number of carbonyl (C=O) groups is 2. The summed E-state index contributed by atoms with van der Waals surface area (Å²) in [7, 11) is 0. The monoisotopic (exact) mass is 282 g/mol. The van der Waals surface area contributed by atoms with Gasteiger partial charge in [-0.05, 0) is 31.6 Å². The highest BCUT2D eigenvalue weighted by molar-refractivity contribution is 5.83. The number of ether oxygens (including phenoxy) is 1. The first-order valence-corrected chi connectivity index (χ1v) is 7.58. The van der Waals surface area contributed by atoms with Crippen LogP contribution in [0.2, 0.25) is 0 Å². The molecule has 3 unspecified atom stereocenters. The van der Waals surface area contributed by atoms with Crippen molar-refractivity contribution in [3.63, 3.8) is 0 Å². The molecule has 1 heterocycles. The van der Waals surface area contributed by atoms with Gasteiger partial charge in [-0.25, -0.2) is 9.59 Å². The third kappa shape index (κ3) is 2.75. The van der Waals surface area contributed by atoms with Crippen molar-refractivity contribution in [3.05, 3.63) is 0 Å². The van der Waals surface area contributed by atoms with Crippen LogP contribution >= 0.6 is 0 Å². The first-order valence-electron chi connectivity index (χ1n) is 7.58. The molecule has 1 aliphatic heterocycles. The van der Waals surface area contributed by atoms with E-state index < -0.39 is 12.0 Å². The molecule has 6 nitrogen and oxygen atoms in total. The molecule has 0 aromatic carbocycles. The van der Waals surface area contributed by atoms with Gasteiger partial charge in [0.1, 0.15) is 6.04 Å². The molecule has 0 aromatic rings. The number of urea groups is 1. The third-order valence-electron chi connectivity index (χ3n) is 4.63. The number of amides is 2. The SMILES string of the molecule is O=C(O)C(NC(=O)N1CCOC2CCCCC21)C1CC1. The van der Waals surface area contributed by atoms with Crippen LogP contribution in [0.25, 0.3) is 0 Å². The summed E-state index contributed by atoms with van der Waals surface area (Å²) in [4.78, 5) is 25.4. The molecule has 0 aromatic heterocycles. The van der Waals surface area contributed by atoms with Crippen molar-refractivity contribution in [2.45, 2.75) is 56.7 Å². The molecule has 2 aliphatic carbocycles. The molecule has 112 valence electrons. The average molecular weight is 282 g/mol. The van der Waals surface area contributed by atoms with E-state index in [0.717, 1.165) is 38.5 Å². The summed E-state index contributed by atoms with van der Waals surface area (Å²) in [6, 6.07) is -0.844. The Labute approximate surface area is 118 Å². The highest BCUT2D eigenvalue weighted by Gasteiger charge is 2.41. The van der Waals surface area contributed by atoms with Gasteiger partial charge >= 0.3 is 12.0 Å². The van der Waals surface area contributed by atoms with E-state index >= 15 is 0 Å². The number of nitrogens with zero attached hydrogens (tertiary/aromatic N) is 1. The van der Waals surface area contributed by atoms with Crippen molar-refractivity contribution in [2.75, 3.05) is 13.2 Å². The Hall–Kier alpha value is -1.30. The number of carbonyl (C=O) groups excluding carboxylic acids is 1. The second-order valence-electron chi connectivity index (χ2n) is 6.06. The molecule has 0 spiro atoms. The van der Waals surface area contributed by atoms with Crippen LogP contribution in [-0.2, 0) is 9.53 Å². The first kappa shape index (κ1) is 13.7. The van der Waals surface area contributed by atoms with Crippen LogP contribution in [0.1, 0.15) is 38.5 Å². The lowest BCUT2D eigenvalue weighted by Crippen LogP contribution is -2.59. The van der Waals surface area contributed by atoms with Crippen LogP contribution in [0.15, 0.2) is 0 Å². The molecule has 3 aliphatic rings. The number of nitrogens with one attached hydrogen (secondary N) is 1. The van der Waals surface area contributed by atoms with Gasteiger partial charge in [0.15, 0.2) is 0 Å². The Kier molecular flexibility index (Phi) is 3.83. The number of hydrogen-bond acceptors (Lipinski definition) is 3. The van der Waals surface area contributed by atoms with Gasteiger partial charge in [0.05, 0.1) is 18.8 Å². The van der Waals surface area contributed by atoms with Crippen molar-refractivity contribution in [1.82, 2.24) is 10.2 Å². The minimum absolute atomic E-state index is 0.111. The van der Waals surface area contributed by atoms with E-state index in [1.54, 1.807) is 4.90 Å². The minimum atomic E-state index is -0.922. The molecule has 3 fully saturated rings. The van der Waals surface area contributed by atoms with Gasteiger partial charge < -0.3 is 20.1 Å². The Balaban J connectivity index is 1.64. The number of aliphatic carboxylic acids is 1. The largest absolute Gasteiger partial charge is 0.480 e. The van der Waals surface area contributed by atoms with Crippen molar-refractivity contribution in [1.29, 1.82) is 0 Å². The highest BCUT2D eigenvalue weighted by Crippen LogP contribution is 2.33. The maximum atomic E-state index is 12.4. The van der Waals surface area contributed by atoms with Gasteiger partial charge in [-0.1, -0.05) is 12.8 Å². The number of carboxylic acids is 1. The molecule has 0 radical (unpaired) electrons. The Morgan fingerprint density at radius 2 is 1.95 bits per heavy atom. The molecule has 2 N–H and O–H groups in total. The zero-order valence-electron chi connectivity index (χ0n) is 11.6. The molecular formula is C14H22N2O4. The lowest BCUT2D eigenvalue weighted by molar-refractivity contribution is -0.139. The number of fused-ring (bicyclic) bond motifs is 1. The molecular weight excluding hydrogens is 260 g/mol. The summed E-state index contributed by atoms with van der Waals surface area (Å²) < 4.78 is 5.74. The summed E-state index contributed by atoms with van der Waals surface area (Å²) in [6.45, 7) is 1.11. The molecule has 2 saturated carbocycles. The van der Waals surface area contributed by atoms with E-state index in [1.165, 1.54) is 0 Å². The van der Waals surface area contributed by atoms with Crippen LogP contribution in [0.3, 0.4) is 0 Å². The normalized spacial score (nSPS) is 31.3. The second-order valence-corrected chi connectivity index (χ2v) is 6.06. The summed E-state index contributed by atoms with van der Waals surface area (Å²) in [5.74, 6) is -0.811. The molecule has 0 bridgehead atoms. The smallest absolute Gasteiger partial charge is 0.326 e. The highest BCUT2D eigenvalue weighted by atomic mass is 16.5. The van der Waals surface area contributed by atoms with Gasteiger partial charge in [0.2, 0.25) is 0 Å². The predicted octanol–water partition coefficient (Wildman–Crippen LogP) is 1.20. The van der Waals surface area contributed by atoms with E-state index in [0.29, 0.717) is 13.2 Å². The summed E-state index contributed by atoms with van der Waals surface area (Å²) in [6.07, 6.45) is 6.14. The van der Waals surface area contributed by atoms with E-state index in [-0.39, 0.29) is 24.1 Å². The molecule has 6 heteroatoms. The lowest BCUT2D eigenvalue weighted by Gasteiger charge is -2.43. The average Bonchev–Trinajstić information content (AvgIpc) is 3.28. The molecule has 2 amide bonds. The van der Waals surface area contributed by atoms with E-state index in [9.17, 15) is 14.7 Å². The number of carboxylic acid groups (broad SMARTS) is 1. The fraction of sp³-hybridized carbons (Fsp3) is 0.857. The van der Waals surface area contributed by atoms with Gasteiger partial charge in [0, 0.05) is 6.54 Å². The van der Waals surface area contributed by atoms with Crippen LogP contribution in [0.5, 0.6) is 0 Å². The van der Waals surface area contributed by atoms with Crippen LogP contribution in [-0.4, -0.2) is 53.3 Å². The molecule has 3 atom stereocenters. The predicted molar refractivity (Wildman–Crippen MR) is 71.4 cm³/mol. The number of rotatable bonds is 3. The van der Waals surface area contributed by atoms with Gasteiger partial charge in [-0.3, -0.25) is 0 Å². The minimum Gasteiger partial charge on any atom is -0.480 e. The zero-order chi connectivity index (χ0) is 14.1. The van der Waals surface area contributed by atoms with E-state index in [2.05, 4.69) is 5.32 Å². The fourth-order valence-electron chi connectivity index (χ4n) is 3.38. The summed E-state index contributed by atoms with van der Waals surface area (Å²) in [5, 5.41) is 11.9. The Morgan fingerprint density at radius 1 is 1.20 bits per heavy atom. The number of morpholine rings is 1. The van der Waals surface area contributed by atoms with Crippen LogP contribution in [0, 0.1) is 5.92 Å². The Morgan fingerprint density at radius 3 is 2.65 bits per heavy atom. The van der Waals surface area contributed by atoms with Gasteiger partial charge in [0.25, 0.3) is 0 Å². The molecule has 3 rings (SSSR count). The van der Waals surface area contributed by atoms with Crippen LogP contribution in [0.4, 0.5) is 4.79 Å². The van der Waals surface area contributed by atoms with Gasteiger partial charge in [-0.2, -0.15) is 0 Å². The van der Waals surface area contributed by atoms with Crippen molar-refractivity contribution >= 4 is 12.0 Å².